The summed E-state index contributed by atoms with van der Waals surface area (Å²) in [5.41, 5.74) is 3.02. The van der Waals surface area contributed by atoms with Crippen molar-refractivity contribution in [1.82, 2.24) is 5.32 Å². The van der Waals surface area contributed by atoms with Crippen LogP contribution in [0.15, 0.2) is 47.1 Å². The number of benzene rings is 1. The van der Waals surface area contributed by atoms with Crippen LogP contribution in [0.3, 0.4) is 0 Å². The van der Waals surface area contributed by atoms with Crippen molar-refractivity contribution < 1.29 is 4.42 Å². The Labute approximate surface area is 121 Å². The largest absolute Gasteiger partial charge is 0.469 e. The van der Waals surface area contributed by atoms with Gasteiger partial charge < -0.3 is 9.73 Å². The predicted octanol–water partition coefficient (Wildman–Crippen LogP) is 4.27. The van der Waals surface area contributed by atoms with Gasteiger partial charge >= 0.3 is 0 Å². The highest BCUT2D eigenvalue weighted by atomic mass is 16.3. The van der Waals surface area contributed by atoms with E-state index in [1.807, 2.05) is 6.07 Å². The fourth-order valence-electron chi connectivity index (χ4n) is 3.23. The van der Waals surface area contributed by atoms with Gasteiger partial charge in [-0.1, -0.05) is 30.7 Å². The van der Waals surface area contributed by atoms with Crippen molar-refractivity contribution >= 4 is 0 Å². The van der Waals surface area contributed by atoms with Crippen molar-refractivity contribution in [2.45, 2.75) is 51.1 Å². The maximum Gasteiger partial charge on any atom is 0.105 e. The maximum absolute atomic E-state index is 5.45. The summed E-state index contributed by atoms with van der Waals surface area (Å²) < 4.78 is 5.45. The second-order valence-electron chi connectivity index (χ2n) is 5.85. The second-order valence-corrected chi connectivity index (χ2v) is 5.85. The Bertz CT molecular complexity index is 532. The van der Waals surface area contributed by atoms with Crippen LogP contribution in [0.4, 0.5) is 0 Å². The molecule has 1 aromatic carbocycles. The van der Waals surface area contributed by atoms with Crippen molar-refractivity contribution in [3.8, 4) is 0 Å². The standard InChI is InChI=1S/C18H23NO/c1-14(13-16-9-6-12-20-16)19-18-11-5-3-8-15-7-2-4-10-17(15)18/h2,4,6-7,9-10,12,14,18-19H,3,5,8,11,13H2,1H3. The van der Waals surface area contributed by atoms with Gasteiger partial charge in [0.1, 0.15) is 5.76 Å². The van der Waals surface area contributed by atoms with E-state index in [0.29, 0.717) is 12.1 Å². The van der Waals surface area contributed by atoms with Crippen LogP contribution in [0.5, 0.6) is 0 Å². The molecule has 1 aromatic heterocycles. The molecule has 3 rings (SSSR count). The van der Waals surface area contributed by atoms with Gasteiger partial charge in [-0.05, 0) is 49.4 Å². The highest BCUT2D eigenvalue weighted by Gasteiger charge is 2.20. The molecule has 0 spiro atoms. The van der Waals surface area contributed by atoms with Crippen molar-refractivity contribution in [3.05, 3.63) is 59.5 Å². The van der Waals surface area contributed by atoms with Gasteiger partial charge in [-0.15, -0.1) is 0 Å². The zero-order valence-corrected chi connectivity index (χ0v) is 12.1. The molecule has 0 aliphatic heterocycles. The van der Waals surface area contributed by atoms with E-state index >= 15 is 0 Å². The number of aryl methyl sites for hydroxylation is 1. The number of rotatable bonds is 4. The normalized spacial score (nSPS) is 20.1. The molecule has 20 heavy (non-hydrogen) atoms. The van der Waals surface area contributed by atoms with Crippen molar-refractivity contribution in [2.75, 3.05) is 0 Å². The first-order valence-electron chi connectivity index (χ1n) is 7.69. The topological polar surface area (TPSA) is 25.2 Å². The highest BCUT2D eigenvalue weighted by molar-refractivity contribution is 5.31. The van der Waals surface area contributed by atoms with E-state index in [1.165, 1.54) is 36.8 Å². The lowest BCUT2D eigenvalue weighted by molar-refractivity contribution is 0.400. The molecule has 2 atom stereocenters. The van der Waals surface area contributed by atoms with Gasteiger partial charge in [-0.3, -0.25) is 0 Å². The third-order valence-corrected chi connectivity index (χ3v) is 4.19. The average molecular weight is 269 g/mol. The molecule has 106 valence electrons. The third-order valence-electron chi connectivity index (χ3n) is 4.19. The fraction of sp³-hybridized carbons (Fsp3) is 0.444. The first-order chi connectivity index (χ1) is 9.83. The number of fused-ring (bicyclic) bond motifs is 1. The van der Waals surface area contributed by atoms with E-state index in [9.17, 15) is 0 Å². The van der Waals surface area contributed by atoms with E-state index in [0.717, 1.165) is 12.2 Å². The summed E-state index contributed by atoms with van der Waals surface area (Å²) in [5.74, 6) is 1.06. The van der Waals surface area contributed by atoms with Gasteiger partial charge in [0.05, 0.1) is 6.26 Å². The molecule has 2 heteroatoms. The third kappa shape index (κ3) is 3.13. The molecule has 2 unspecified atom stereocenters. The second kappa shape index (κ2) is 6.27. The summed E-state index contributed by atoms with van der Waals surface area (Å²) in [4.78, 5) is 0. The molecule has 2 nitrogen and oxygen atoms in total. The summed E-state index contributed by atoms with van der Waals surface area (Å²) in [7, 11) is 0. The van der Waals surface area contributed by atoms with Crippen LogP contribution in [0, 0.1) is 0 Å². The van der Waals surface area contributed by atoms with Crippen LogP contribution in [0.2, 0.25) is 0 Å². The van der Waals surface area contributed by atoms with Crippen LogP contribution in [0.25, 0.3) is 0 Å². The highest BCUT2D eigenvalue weighted by Crippen LogP contribution is 2.29. The number of nitrogens with one attached hydrogen (secondary N) is 1. The van der Waals surface area contributed by atoms with Gasteiger partial charge in [-0.2, -0.15) is 0 Å². The van der Waals surface area contributed by atoms with E-state index in [4.69, 9.17) is 4.42 Å². The SMILES string of the molecule is CC(Cc1ccco1)NC1CCCCc2ccccc21. The van der Waals surface area contributed by atoms with E-state index in [-0.39, 0.29) is 0 Å². The van der Waals surface area contributed by atoms with Crippen molar-refractivity contribution in [2.24, 2.45) is 0 Å². The average Bonchev–Trinajstić information content (AvgIpc) is 2.87. The Balaban J connectivity index is 1.70. The van der Waals surface area contributed by atoms with Crippen LogP contribution in [-0.2, 0) is 12.8 Å². The van der Waals surface area contributed by atoms with Crippen molar-refractivity contribution in [1.29, 1.82) is 0 Å². The number of hydrogen-bond acceptors (Lipinski definition) is 2. The summed E-state index contributed by atoms with van der Waals surface area (Å²) >= 11 is 0. The summed E-state index contributed by atoms with van der Waals surface area (Å²) in [6.07, 6.45) is 7.77. The van der Waals surface area contributed by atoms with Gasteiger partial charge in [0, 0.05) is 18.5 Å². The maximum atomic E-state index is 5.45. The lowest BCUT2D eigenvalue weighted by Crippen LogP contribution is -2.32. The first kappa shape index (κ1) is 13.4. The summed E-state index contributed by atoms with van der Waals surface area (Å²) in [6.45, 7) is 2.25. The minimum absolute atomic E-state index is 0.428. The lowest BCUT2D eigenvalue weighted by atomic mass is 9.98. The molecular formula is C18H23NO. The molecule has 0 saturated heterocycles. The minimum atomic E-state index is 0.428. The molecular weight excluding hydrogens is 246 g/mol. The molecule has 2 aromatic rings. The van der Waals surface area contributed by atoms with Gasteiger partial charge in [0.15, 0.2) is 0 Å². The molecule has 0 radical (unpaired) electrons. The number of furan rings is 1. The van der Waals surface area contributed by atoms with Crippen LogP contribution >= 0.6 is 0 Å². The zero-order chi connectivity index (χ0) is 13.8. The Morgan fingerprint density at radius 2 is 2.10 bits per heavy atom. The Kier molecular flexibility index (Phi) is 4.22. The molecule has 1 N–H and O–H groups in total. The molecule has 1 aliphatic rings. The van der Waals surface area contributed by atoms with E-state index in [1.54, 1.807) is 6.26 Å². The van der Waals surface area contributed by atoms with Crippen molar-refractivity contribution in [3.63, 3.8) is 0 Å². The van der Waals surface area contributed by atoms with E-state index < -0.39 is 0 Å². The predicted molar refractivity (Wildman–Crippen MR) is 81.7 cm³/mol. The molecule has 1 heterocycles. The Morgan fingerprint density at radius 3 is 2.95 bits per heavy atom. The first-order valence-corrected chi connectivity index (χ1v) is 7.69. The van der Waals surface area contributed by atoms with E-state index in [2.05, 4.69) is 42.6 Å². The quantitative estimate of drug-likeness (QED) is 0.839. The summed E-state index contributed by atoms with van der Waals surface area (Å²) in [6, 6.07) is 13.8. The molecule has 0 fully saturated rings. The van der Waals surface area contributed by atoms with Gasteiger partial charge in [0.2, 0.25) is 0 Å². The monoisotopic (exact) mass is 269 g/mol. The lowest BCUT2D eigenvalue weighted by Gasteiger charge is -2.23. The minimum Gasteiger partial charge on any atom is -0.469 e. The number of hydrogen-bond donors (Lipinski definition) is 1. The van der Waals surface area contributed by atoms with Crippen LogP contribution in [-0.4, -0.2) is 6.04 Å². The zero-order valence-electron chi connectivity index (χ0n) is 12.1. The summed E-state index contributed by atoms with van der Waals surface area (Å²) in [5, 5.41) is 3.79. The van der Waals surface area contributed by atoms with Crippen LogP contribution in [0.1, 0.15) is 49.1 Å². The molecule has 0 saturated carbocycles. The van der Waals surface area contributed by atoms with Crippen LogP contribution < -0.4 is 5.32 Å². The smallest absolute Gasteiger partial charge is 0.105 e. The fourth-order valence-corrected chi connectivity index (χ4v) is 3.23. The molecule has 1 aliphatic carbocycles. The molecule has 0 bridgehead atoms. The Hall–Kier alpha value is -1.54. The van der Waals surface area contributed by atoms with Gasteiger partial charge in [0.25, 0.3) is 0 Å². The molecule has 0 amide bonds. The Morgan fingerprint density at radius 1 is 1.20 bits per heavy atom. The van der Waals surface area contributed by atoms with Gasteiger partial charge in [-0.25, -0.2) is 0 Å².